The van der Waals surface area contributed by atoms with E-state index in [-0.39, 0.29) is 9.77 Å². The van der Waals surface area contributed by atoms with Gasteiger partial charge in [0.1, 0.15) is 15.5 Å². The molecule has 0 spiro atoms. The molecule has 0 aliphatic rings. The molecular weight excluding hydrogens is 362 g/mol. The molecule has 0 unspecified atom stereocenters. The number of carbonyl (C=O) groups is 1. The average Bonchev–Trinajstić information content (AvgIpc) is 3.01. The molecule has 130 valence electrons. The van der Waals surface area contributed by atoms with Crippen LogP contribution in [0.1, 0.15) is 9.67 Å². The molecule has 1 aromatic heterocycles. The van der Waals surface area contributed by atoms with Gasteiger partial charge in [0.25, 0.3) is 10.0 Å². The lowest BCUT2D eigenvalue weighted by Crippen LogP contribution is -2.16. The standard InChI is InChI=1S/C17H15NO5S2/c1-22-12-7-5-6-11(10-12)18-25(20,21)16-13-8-3-4-9-14(13)24-15(16)17(19)23-2/h3-10,18H,1-2H3. The van der Waals surface area contributed by atoms with Gasteiger partial charge >= 0.3 is 5.97 Å². The van der Waals surface area contributed by atoms with Gasteiger partial charge in [-0.1, -0.05) is 24.3 Å². The average molecular weight is 377 g/mol. The molecule has 3 rings (SSSR count). The van der Waals surface area contributed by atoms with Crippen molar-refractivity contribution < 1.29 is 22.7 Å². The van der Waals surface area contributed by atoms with Gasteiger partial charge in [-0.05, 0) is 18.2 Å². The molecule has 0 saturated carbocycles. The molecule has 0 atom stereocenters. The van der Waals surface area contributed by atoms with E-state index in [1.165, 1.54) is 14.2 Å². The Hall–Kier alpha value is -2.58. The summed E-state index contributed by atoms with van der Waals surface area (Å²) in [6, 6.07) is 13.5. The molecule has 1 heterocycles. The second-order valence-electron chi connectivity index (χ2n) is 5.09. The van der Waals surface area contributed by atoms with Crippen molar-refractivity contribution in [2.75, 3.05) is 18.9 Å². The van der Waals surface area contributed by atoms with Crippen molar-refractivity contribution in [1.82, 2.24) is 0 Å². The van der Waals surface area contributed by atoms with Crippen molar-refractivity contribution in [1.29, 1.82) is 0 Å². The predicted molar refractivity (Wildman–Crippen MR) is 97.0 cm³/mol. The fraction of sp³-hybridized carbons (Fsp3) is 0.118. The normalized spacial score (nSPS) is 11.3. The Morgan fingerprint density at radius 1 is 1.08 bits per heavy atom. The minimum absolute atomic E-state index is 0.0408. The molecule has 0 bridgehead atoms. The number of hydrogen-bond acceptors (Lipinski definition) is 6. The van der Waals surface area contributed by atoms with Gasteiger partial charge in [-0.15, -0.1) is 11.3 Å². The van der Waals surface area contributed by atoms with E-state index in [2.05, 4.69) is 4.72 Å². The molecular formula is C17H15NO5S2. The molecule has 0 fully saturated rings. The molecule has 0 amide bonds. The number of hydrogen-bond donors (Lipinski definition) is 1. The number of ether oxygens (including phenoxy) is 2. The van der Waals surface area contributed by atoms with E-state index in [1.807, 2.05) is 0 Å². The van der Waals surface area contributed by atoms with E-state index in [9.17, 15) is 13.2 Å². The van der Waals surface area contributed by atoms with E-state index in [1.54, 1.807) is 48.5 Å². The Kier molecular flexibility index (Phi) is 4.65. The van der Waals surface area contributed by atoms with Crippen molar-refractivity contribution >= 4 is 43.1 Å². The molecule has 6 nitrogen and oxygen atoms in total. The molecule has 0 radical (unpaired) electrons. The summed E-state index contributed by atoms with van der Waals surface area (Å²) in [4.78, 5) is 12.0. The topological polar surface area (TPSA) is 81.7 Å². The third-order valence-electron chi connectivity index (χ3n) is 3.51. The van der Waals surface area contributed by atoms with Crippen molar-refractivity contribution in [3.63, 3.8) is 0 Å². The molecule has 8 heteroatoms. The van der Waals surface area contributed by atoms with Crippen molar-refractivity contribution in [2.45, 2.75) is 4.90 Å². The van der Waals surface area contributed by atoms with Gasteiger partial charge in [-0.2, -0.15) is 0 Å². The predicted octanol–water partition coefficient (Wildman–Crippen LogP) is 3.50. The quantitative estimate of drug-likeness (QED) is 0.688. The SMILES string of the molecule is COC(=O)c1sc2ccccc2c1S(=O)(=O)Nc1cccc(OC)c1. The van der Waals surface area contributed by atoms with Crippen molar-refractivity contribution in [3.8, 4) is 5.75 Å². The largest absolute Gasteiger partial charge is 0.497 e. The molecule has 0 aliphatic carbocycles. The highest BCUT2D eigenvalue weighted by Gasteiger charge is 2.29. The first-order valence-electron chi connectivity index (χ1n) is 7.23. The lowest BCUT2D eigenvalue weighted by Gasteiger charge is -2.10. The van der Waals surface area contributed by atoms with Crippen LogP contribution >= 0.6 is 11.3 Å². The summed E-state index contributed by atoms with van der Waals surface area (Å²) in [5, 5.41) is 0.475. The summed E-state index contributed by atoms with van der Waals surface area (Å²) in [7, 11) is -1.29. The van der Waals surface area contributed by atoms with Gasteiger partial charge in [0.15, 0.2) is 0 Å². The van der Waals surface area contributed by atoms with E-state index in [0.29, 0.717) is 21.5 Å². The van der Waals surface area contributed by atoms with Crippen molar-refractivity contribution in [3.05, 3.63) is 53.4 Å². The molecule has 0 aliphatic heterocycles. The highest BCUT2D eigenvalue weighted by atomic mass is 32.2. The van der Waals surface area contributed by atoms with E-state index in [4.69, 9.17) is 9.47 Å². The van der Waals surface area contributed by atoms with Gasteiger partial charge in [-0.3, -0.25) is 4.72 Å². The first kappa shape index (κ1) is 17.2. The monoisotopic (exact) mass is 377 g/mol. The minimum Gasteiger partial charge on any atom is -0.497 e. The molecule has 2 aromatic carbocycles. The maximum absolute atomic E-state index is 13.0. The lowest BCUT2D eigenvalue weighted by molar-refractivity contribution is 0.0602. The number of rotatable bonds is 5. The van der Waals surface area contributed by atoms with Crippen LogP contribution in [0.2, 0.25) is 0 Å². The zero-order chi connectivity index (χ0) is 18.0. The lowest BCUT2D eigenvalue weighted by atomic mass is 10.2. The molecule has 3 aromatic rings. The molecule has 25 heavy (non-hydrogen) atoms. The number of nitrogens with one attached hydrogen (secondary N) is 1. The van der Waals surface area contributed by atoms with E-state index in [0.717, 1.165) is 11.3 Å². The second-order valence-corrected chi connectivity index (χ2v) is 7.76. The first-order chi connectivity index (χ1) is 12.0. The zero-order valence-corrected chi connectivity index (χ0v) is 15.1. The molecule has 1 N–H and O–H groups in total. The van der Waals surface area contributed by atoms with E-state index < -0.39 is 16.0 Å². The summed E-state index contributed by atoms with van der Waals surface area (Å²) in [6.45, 7) is 0. The number of sulfonamides is 1. The van der Waals surface area contributed by atoms with Gasteiger partial charge in [0.05, 0.1) is 19.9 Å². The van der Waals surface area contributed by atoms with Gasteiger partial charge in [-0.25, -0.2) is 13.2 Å². The first-order valence-corrected chi connectivity index (χ1v) is 9.53. The highest BCUT2D eigenvalue weighted by Crippen LogP contribution is 2.36. The summed E-state index contributed by atoms with van der Waals surface area (Å²) in [5.41, 5.74) is 0.338. The number of methoxy groups -OCH3 is 2. The maximum atomic E-state index is 13.0. The van der Waals surface area contributed by atoms with Crippen LogP contribution in [-0.2, 0) is 14.8 Å². The summed E-state index contributed by atoms with van der Waals surface area (Å²) in [6.07, 6.45) is 0. The summed E-state index contributed by atoms with van der Waals surface area (Å²) < 4.78 is 39.0. The third-order valence-corrected chi connectivity index (χ3v) is 6.26. The molecule has 0 saturated heterocycles. The highest BCUT2D eigenvalue weighted by molar-refractivity contribution is 7.93. The van der Waals surface area contributed by atoms with Gasteiger partial charge in [0.2, 0.25) is 0 Å². The summed E-state index contributed by atoms with van der Waals surface area (Å²) >= 11 is 1.08. The fourth-order valence-electron chi connectivity index (χ4n) is 2.41. The van der Waals surface area contributed by atoms with Crippen LogP contribution in [0.25, 0.3) is 10.1 Å². The van der Waals surface area contributed by atoms with Crippen LogP contribution in [0.5, 0.6) is 5.75 Å². The second kappa shape index (κ2) is 6.73. The Morgan fingerprint density at radius 2 is 1.84 bits per heavy atom. The number of fused-ring (bicyclic) bond motifs is 1. The summed E-state index contributed by atoms with van der Waals surface area (Å²) in [5.74, 6) is -0.171. The number of esters is 1. The zero-order valence-electron chi connectivity index (χ0n) is 13.5. The van der Waals surface area contributed by atoms with Crippen LogP contribution in [0.3, 0.4) is 0 Å². The Morgan fingerprint density at radius 3 is 2.56 bits per heavy atom. The Balaban J connectivity index is 2.14. The number of anilines is 1. The van der Waals surface area contributed by atoms with Crippen molar-refractivity contribution in [2.24, 2.45) is 0 Å². The van der Waals surface area contributed by atoms with Crippen LogP contribution in [0, 0.1) is 0 Å². The Bertz CT molecular complexity index is 1040. The minimum atomic E-state index is -4.00. The van der Waals surface area contributed by atoms with Crippen LogP contribution in [-0.4, -0.2) is 28.6 Å². The van der Waals surface area contributed by atoms with Crippen LogP contribution in [0.4, 0.5) is 5.69 Å². The van der Waals surface area contributed by atoms with Crippen LogP contribution < -0.4 is 9.46 Å². The fourth-order valence-corrected chi connectivity index (χ4v) is 5.28. The Labute approximate surface area is 149 Å². The maximum Gasteiger partial charge on any atom is 0.349 e. The smallest absolute Gasteiger partial charge is 0.349 e. The number of carbonyl (C=O) groups excluding carboxylic acids is 1. The van der Waals surface area contributed by atoms with Crippen LogP contribution in [0.15, 0.2) is 53.4 Å². The van der Waals surface area contributed by atoms with E-state index >= 15 is 0 Å². The van der Waals surface area contributed by atoms with Gasteiger partial charge in [0, 0.05) is 16.2 Å². The number of thiophene rings is 1. The number of benzene rings is 2. The van der Waals surface area contributed by atoms with Gasteiger partial charge < -0.3 is 9.47 Å². The third kappa shape index (κ3) is 3.31.